The van der Waals surface area contributed by atoms with Gasteiger partial charge >= 0.3 is 0 Å². The van der Waals surface area contributed by atoms with Crippen molar-refractivity contribution in [2.24, 2.45) is 0 Å². The van der Waals surface area contributed by atoms with Crippen LogP contribution in [0.3, 0.4) is 0 Å². The third-order valence-corrected chi connectivity index (χ3v) is 3.12. The maximum Gasteiger partial charge on any atom is 0.150 e. The summed E-state index contributed by atoms with van der Waals surface area (Å²) in [6.45, 7) is 5.93. The molecule has 0 saturated heterocycles. The van der Waals surface area contributed by atoms with E-state index in [2.05, 4.69) is 4.98 Å². The predicted molar refractivity (Wildman–Crippen MR) is 75.9 cm³/mol. The van der Waals surface area contributed by atoms with Crippen molar-refractivity contribution in [1.82, 2.24) is 9.66 Å². The second-order valence-corrected chi connectivity index (χ2v) is 5.83. The molecule has 0 bridgehead atoms. The number of aromatic nitrogens is 2. The highest BCUT2D eigenvalue weighted by Crippen LogP contribution is 2.31. The van der Waals surface area contributed by atoms with Gasteiger partial charge in [0.25, 0.3) is 0 Å². The highest BCUT2D eigenvalue weighted by molar-refractivity contribution is 6.30. The minimum Gasteiger partial charge on any atom is -0.382 e. The first-order chi connectivity index (χ1) is 8.71. The first kappa shape index (κ1) is 13.7. The Morgan fingerprint density at radius 1 is 1.32 bits per heavy atom. The van der Waals surface area contributed by atoms with Gasteiger partial charge in [0.15, 0.2) is 5.82 Å². The fraction of sp³-hybridized carbons (Fsp3) is 0.308. The van der Waals surface area contributed by atoms with Gasteiger partial charge in [0.2, 0.25) is 0 Å². The van der Waals surface area contributed by atoms with E-state index < -0.39 is 5.82 Å². The number of nitrogens with two attached hydrogens (primary N) is 2. The van der Waals surface area contributed by atoms with Crippen LogP contribution >= 0.6 is 11.6 Å². The van der Waals surface area contributed by atoms with E-state index in [9.17, 15) is 4.39 Å². The van der Waals surface area contributed by atoms with E-state index in [-0.39, 0.29) is 10.4 Å². The third-order valence-electron chi connectivity index (χ3n) is 2.81. The Morgan fingerprint density at radius 3 is 2.42 bits per heavy atom. The molecule has 0 spiro atoms. The summed E-state index contributed by atoms with van der Waals surface area (Å²) < 4.78 is 14.8. The fourth-order valence-electron chi connectivity index (χ4n) is 1.83. The highest BCUT2D eigenvalue weighted by Gasteiger charge is 2.24. The van der Waals surface area contributed by atoms with Gasteiger partial charge in [0.1, 0.15) is 17.3 Å². The van der Waals surface area contributed by atoms with Crippen LogP contribution in [0.15, 0.2) is 18.2 Å². The van der Waals surface area contributed by atoms with Crippen LogP contribution < -0.4 is 11.6 Å². The van der Waals surface area contributed by atoms with Gasteiger partial charge in [-0.1, -0.05) is 38.4 Å². The van der Waals surface area contributed by atoms with Gasteiger partial charge in [-0.3, -0.25) is 0 Å². The van der Waals surface area contributed by atoms with Crippen LogP contribution in [0.25, 0.3) is 11.3 Å². The van der Waals surface area contributed by atoms with E-state index in [4.69, 9.17) is 23.2 Å². The average molecular weight is 283 g/mol. The molecule has 6 heteroatoms. The lowest BCUT2D eigenvalue weighted by Crippen LogP contribution is -2.24. The second kappa shape index (κ2) is 4.42. The van der Waals surface area contributed by atoms with E-state index in [1.54, 1.807) is 6.07 Å². The number of nitrogens with zero attached hydrogens (tertiary/aromatic N) is 2. The molecule has 0 atom stereocenters. The molecular formula is C13H16ClFN4. The van der Waals surface area contributed by atoms with Gasteiger partial charge < -0.3 is 11.6 Å². The molecule has 0 aliphatic heterocycles. The fourth-order valence-corrected chi connectivity index (χ4v) is 1.95. The summed E-state index contributed by atoms with van der Waals surface area (Å²) in [5, 5.41) is 0.0607. The van der Waals surface area contributed by atoms with Crippen molar-refractivity contribution in [3.05, 3.63) is 34.9 Å². The van der Waals surface area contributed by atoms with Crippen LogP contribution in [0.4, 0.5) is 10.2 Å². The highest BCUT2D eigenvalue weighted by atomic mass is 35.5. The third kappa shape index (κ3) is 2.38. The lowest BCUT2D eigenvalue weighted by atomic mass is 9.96. The average Bonchev–Trinajstić information content (AvgIpc) is 2.60. The van der Waals surface area contributed by atoms with Crippen molar-refractivity contribution in [3.63, 3.8) is 0 Å². The standard InChI is InChI=1S/C13H16ClFN4/c1-13(2,3)12-18-10(11(16)19(12)17)7-4-5-8(14)9(15)6-7/h4-6H,16-17H2,1-3H3. The van der Waals surface area contributed by atoms with Gasteiger partial charge in [-0.15, -0.1) is 0 Å². The molecule has 4 N–H and O–H groups in total. The van der Waals surface area contributed by atoms with Crippen LogP contribution in [0.1, 0.15) is 26.6 Å². The van der Waals surface area contributed by atoms with Crippen molar-refractivity contribution < 1.29 is 4.39 Å². The molecule has 2 aromatic rings. The number of anilines is 1. The molecule has 0 aliphatic rings. The zero-order chi connectivity index (χ0) is 14.4. The minimum absolute atomic E-state index is 0.0607. The van der Waals surface area contributed by atoms with Crippen LogP contribution in [-0.2, 0) is 5.41 Å². The van der Waals surface area contributed by atoms with Crippen molar-refractivity contribution in [2.75, 3.05) is 11.6 Å². The monoisotopic (exact) mass is 282 g/mol. The minimum atomic E-state index is -0.512. The Kier molecular flexibility index (Phi) is 3.18. The summed E-state index contributed by atoms with van der Waals surface area (Å²) in [5.41, 5.74) is 6.69. The first-order valence-corrected chi connectivity index (χ1v) is 6.19. The lowest BCUT2D eigenvalue weighted by molar-refractivity contribution is 0.532. The zero-order valence-corrected chi connectivity index (χ0v) is 11.8. The number of rotatable bonds is 1. The first-order valence-electron chi connectivity index (χ1n) is 5.81. The van der Waals surface area contributed by atoms with Crippen LogP contribution in [0.5, 0.6) is 0 Å². The number of imidazole rings is 1. The number of hydrogen-bond acceptors (Lipinski definition) is 3. The van der Waals surface area contributed by atoms with Crippen LogP contribution in [0.2, 0.25) is 5.02 Å². The van der Waals surface area contributed by atoms with Crippen molar-refractivity contribution in [3.8, 4) is 11.3 Å². The molecule has 0 saturated carbocycles. The normalized spacial score (nSPS) is 11.8. The number of nitrogen functional groups attached to an aromatic ring is 2. The van der Waals surface area contributed by atoms with E-state index in [1.807, 2.05) is 20.8 Å². The Morgan fingerprint density at radius 2 is 1.95 bits per heavy atom. The Balaban J connectivity index is 2.60. The summed E-state index contributed by atoms with van der Waals surface area (Å²) in [4.78, 5) is 4.42. The largest absolute Gasteiger partial charge is 0.382 e. The van der Waals surface area contributed by atoms with Gasteiger partial charge in [0, 0.05) is 11.0 Å². The van der Waals surface area contributed by atoms with Gasteiger partial charge in [-0.2, -0.15) is 0 Å². The molecule has 1 aromatic carbocycles. The maximum absolute atomic E-state index is 13.5. The molecule has 19 heavy (non-hydrogen) atoms. The quantitative estimate of drug-likeness (QED) is 0.790. The smallest absolute Gasteiger partial charge is 0.150 e. The van der Waals surface area contributed by atoms with Crippen molar-refractivity contribution >= 4 is 17.4 Å². The summed E-state index contributed by atoms with van der Waals surface area (Å²) in [5.74, 6) is 6.32. The van der Waals surface area contributed by atoms with Gasteiger partial charge in [0.05, 0.1) is 5.02 Å². The number of benzene rings is 1. The molecule has 0 radical (unpaired) electrons. The molecule has 0 aliphatic carbocycles. The molecule has 0 unspecified atom stereocenters. The zero-order valence-electron chi connectivity index (χ0n) is 11.0. The molecule has 4 nitrogen and oxygen atoms in total. The summed E-state index contributed by atoms with van der Waals surface area (Å²) >= 11 is 5.66. The van der Waals surface area contributed by atoms with Crippen molar-refractivity contribution in [1.29, 1.82) is 0 Å². The van der Waals surface area contributed by atoms with Gasteiger partial charge in [-0.05, 0) is 12.1 Å². The van der Waals surface area contributed by atoms with Crippen molar-refractivity contribution in [2.45, 2.75) is 26.2 Å². The molecule has 1 aromatic heterocycles. The van der Waals surface area contributed by atoms with E-state index in [1.165, 1.54) is 16.8 Å². The second-order valence-electron chi connectivity index (χ2n) is 5.42. The molecule has 0 amide bonds. The Hall–Kier alpha value is -1.75. The van der Waals surface area contributed by atoms with Crippen LogP contribution in [-0.4, -0.2) is 9.66 Å². The van der Waals surface area contributed by atoms with Gasteiger partial charge in [-0.25, -0.2) is 14.1 Å². The molecule has 2 rings (SSSR count). The maximum atomic E-state index is 13.5. The van der Waals surface area contributed by atoms with E-state index in [0.29, 0.717) is 22.9 Å². The predicted octanol–water partition coefficient (Wildman–Crippen LogP) is 2.94. The molecule has 0 fully saturated rings. The Labute approximate surface area is 116 Å². The van der Waals surface area contributed by atoms with Crippen LogP contribution in [0, 0.1) is 5.82 Å². The molecule has 102 valence electrons. The van der Waals surface area contributed by atoms with E-state index in [0.717, 1.165) is 0 Å². The Bertz CT molecular complexity index is 628. The summed E-state index contributed by atoms with van der Waals surface area (Å²) in [6.07, 6.45) is 0. The van der Waals surface area contributed by atoms with E-state index >= 15 is 0 Å². The molecule has 1 heterocycles. The lowest BCUT2D eigenvalue weighted by Gasteiger charge is -2.17. The summed E-state index contributed by atoms with van der Waals surface area (Å²) in [7, 11) is 0. The molecular weight excluding hydrogens is 267 g/mol. The SMILES string of the molecule is CC(C)(C)c1nc(-c2ccc(Cl)c(F)c2)c(N)n1N. The number of hydrogen-bond donors (Lipinski definition) is 2. The topological polar surface area (TPSA) is 69.9 Å². The summed E-state index contributed by atoms with van der Waals surface area (Å²) in [6, 6.07) is 4.43. The number of halogens is 2.